The molecule has 0 heterocycles. The minimum Gasteiger partial charge on any atom is -0.413 e. The van der Waals surface area contributed by atoms with Crippen LogP contribution in [-0.2, 0) is 4.43 Å². The molecule has 108 valence electrons. The molecule has 0 rings (SSSR count). The van der Waals surface area contributed by atoms with Crippen molar-refractivity contribution in [2.75, 3.05) is 6.61 Å². The molecule has 0 unspecified atom stereocenters. The van der Waals surface area contributed by atoms with Crippen molar-refractivity contribution in [1.82, 2.24) is 0 Å². The highest BCUT2D eigenvalue weighted by Gasteiger charge is 2.36. The summed E-state index contributed by atoms with van der Waals surface area (Å²) in [6, 6.07) is 4.07. The average molecular weight is 287 g/mol. The van der Waals surface area contributed by atoms with Crippen molar-refractivity contribution in [3.05, 3.63) is 11.8 Å². The van der Waals surface area contributed by atoms with Crippen molar-refractivity contribution in [3.63, 3.8) is 0 Å². The molecule has 0 atom stereocenters. The van der Waals surface area contributed by atoms with E-state index >= 15 is 0 Å². The Morgan fingerprint density at radius 2 is 1.39 bits per heavy atom. The Hall–Kier alpha value is 0.134. The van der Waals surface area contributed by atoms with Crippen LogP contribution in [0.3, 0.4) is 0 Å². The smallest absolute Gasteiger partial charge is 0.192 e. The van der Waals surface area contributed by atoms with Crippen LogP contribution in [0.1, 0.15) is 41.5 Å². The van der Waals surface area contributed by atoms with E-state index in [-0.39, 0.29) is 0 Å². The lowest BCUT2D eigenvalue weighted by atomic mass is 10.2. The second-order valence-electron chi connectivity index (χ2n) is 6.90. The van der Waals surface area contributed by atoms with Gasteiger partial charge in [-0.25, -0.2) is 0 Å². The fourth-order valence-electron chi connectivity index (χ4n) is 1.87. The SMILES string of the molecule is CC[Si](/C=C/CO[Si](C)(C)C(C)(C)C)(CC)CC. The summed E-state index contributed by atoms with van der Waals surface area (Å²) in [4.78, 5) is 0. The van der Waals surface area contributed by atoms with Crippen LogP contribution in [-0.4, -0.2) is 23.0 Å². The summed E-state index contributed by atoms with van der Waals surface area (Å²) < 4.78 is 6.20. The predicted octanol–water partition coefficient (Wildman–Crippen LogP) is 5.61. The molecule has 0 bridgehead atoms. The van der Waals surface area contributed by atoms with E-state index in [0.29, 0.717) is 5.04 Å². The molecule has 0 aromatic carbocycles. The molecule has 0 spiro atoms. The van der Waals surface area contributed by atoms with E-state index in [1.807, 2.05) is 0 Å². The van der Waals surface area contributed by atoms with Gasteiger partial charge in [0.15, 0.2) is 8.32 Å². The maximum atomic E-state index is 6.20. The first-order valence-corrected chi connectivity index (χ1v) is 13.1. The summed E-state index contributed by atoms with van der Waals surface area (Å²) in [5.41, 5.74) is 2.53. The quantitative estimate of drug-likeness (QED) is 0.553. The van der Waals surface area contributed by atoms with Gasteiger partial charge < -0.3 is 4.43 Å². The lowest BCUT2D eigenvalue weighted by molar-refractivity contribution is 0.328. The van der Waals surface area contributed by atoms with Crippen molar-refractivity contribution >= 4 is 16.4 Å². The molecule has 0 saturated carbocycles. The molecule has 0 fully saturated rings. The Bertz CT molecular complexity index is 252. The van der Waals surface area contributed by atoms with Gasteiger partial charge in [-0.1, -0.05) is 71.5 Å². The van der Waals surface area contributed by atoms with Crippen LogP contribution in [0.15, 0.2) is 11.8 Å². The Morgan fingerprint density at radius 1 is 0.944 bits per heavy atom. The predicted molar refractivity (Wildman–Crippen MR) is 89.5 cm³/mol. The number of rotatable bonds is 7. The summed E-state index contributed by atoms with van der Waals surface area (Å²) in [6.07, 6.45) is 2.31. The van der Waals surface area contributed by atoms with Crippen LogP contribution in [0.5, 0.6) is 0 Å². The average Bonchev–Trinajstić information content (AvgIpc) is 2.29. The summed E-state index contributed by atoms with van der Waals surface area (Å²) >= 11 is 0. The molecule has 0 aliphatic carbocycles. The Labute approximate surface area is 117 Å². The normalized spacial score (nSPS) is 14.4. The zero-order valence-corrected chi connectivity index (χ0v) is 15.9. The van der Waals surface area contributed by atoms with Gasteiger partial charge in [0.2, 0.25) is 0 Å². The summed E-state index contributed by atoms with van der Waals surface area (Å²) in [5, 5.41) is 0.315. The van der Waals surface area contributed by atoms with Crippen LogP contribution in [0, 0.1) is 0 Å². The standard InChI is InChI=1S/C15H34OSi2/c1-9-18(10-2,11-3)14-12-13-16-17(7,8)15(4,5)6/h12,14H,9-11,13H2,1-8H3/b14-12+. The lowest BCUT2D eigenvalue weighted by Gasteiger charge is -2.35. The molecule has 3 heteroatoms. The molecule has 18 heavy (non-hydrogen) atoms. The van der Waals surface area contributed by atoms with Crippen LogP contribution >= 0.6 is 0 Å². The van der Waals surface area contributed by atoms with Gasteiger partial charge in [-0.15, -0.1) is 0 Å². The summed E-state index contributed by atoms with van der Waals surface area (Å²) in [6.45, 7) is 19.4. The van der Waals surface area contributed by atoms with Crippen molar-refractivity contribution in [2.24, 2.45) is 0 Å². The third-order valence-corrected chi connectivity index (χ3v) is 14.6. The van der Waals surface area contributed by atoms with Crippen molar-refractivity contribution in [3.8, 4) is 0 Å². The van der Waals surface area contributed by atoms with Crippen LogP contribution in [0.25, 0.3) is 0 Å². The van der Waals surface area contributed by atoms with Crippen LogP contribution in [0.2, 0.25) is 36.3 Å². The molecule has 0 aromatic rings. The summed E-state index contributed by atoms with van der Waals surface area (Å²) in [7, 11) is -2.67. The maximum Gasteiger partial charge on any atom is 0.192 e. The van der Waals surface area contributed by atoms with Gasteiger partial charge in [0.1, 0.15) is 0 Å². The van der Waals surface area contributed by atoms with Gasteiger partial charge in [0, 0.05) is 0 Å². The third kappa shape index (κ3) is 5.02. The van der Waals surface area contributed by atoms with Crippen molar-refractivity contribution in [1.29, 1.82) is 0 Å². The zero-order valence-electron chi connectivity index (χ0n) is 13.9. The monoisotopic (exact) mass is 286 g/mol. The molecule has 0 N–H and O–H groups in total. The fourth-order valence-corrected chi connectivity index (χ4v) is 5.62. The van der Waals surface area contributed by atoms with E-state index < -0.39 is 16.4 Å². The van der Waals surface area contributed by atoms with Gasteiger partial charge >= 0.3 is 0 Å². The topological polar surface area (TPSA) is 9.23 Å². The van der Waals surface area contributed by atoms with E-state index in [9.17, 15) is 0 Å². The van der Waals surface area contributed by atoms with Gasteiger partial charge in [-0.05, 0) is 18.1 Å². The number of hydrogen-bond donors (Lipinski definition) is 0. The van der Waals surface area contributed by atoms with E-state index in [1.165, 1.54) is 18.1 Å². The lowest BCUT2D eigenvalue weighted by Crippen LogP contribution is -2.40. The molecule has 0 amide bonds. The third-order valence-electron chi connectivity index (χ3n) is 4.93. The minimum atomic E-state index is -1.57. The van der Waals surface area contributed by atoms with Crippen LogP contribution < -0.4 is 0 Å². The molecule has 0 radical (unpaired) electrons. The molecule has 0 saturated heterocycles. The van der Waals surface area contributed by atoms with Gasteiger partial charge in [0.25, 0.3) is 0 Å². The first kappa shape index (κ1) is 18.1. The minimum absolute atomic E-state index is 0.315. The van der Waals surface area contributed by atoms with E-state index in [0.717, 1.165) is 6.61 Å². The van der Waals surface area contributed by atoms with E-state index in [4.69, 9.17) is 4.43 Å². The number of hydrogen-bond acceptors (Lipinski definition) is 1. The highest BCUT2D eigenvalue weighted by molar-refractivity contribution is 6.84. The van der Waals surface area contributed by atoms with Gasteiger partial charge in [-0.3, -0.25) is 0 Å². The fraction of sp³-hybridized carbons (Fsp3) is 0.867. The van der Waals surface area contributed by atoms with E-state index in [2.05, 4.69) is 66.4 Å². The van der Waals surface area contributed by atoms with Crippen molar-refractivity contribution in [2.45, 2.75) is 77.8 Å². The molecular weight excluding hydrogens is 252 g/mol. The molecular formula is C15H34OSi2. The molecule has 0 aliphatic rings. The first-order valence-electron chi connectivity index (χ1n) is 7.46. The molecule has 0 aliphatic heterocycles. The van der Waals surface area contributed by atoms with Crippen LogP contribution in [0.4, 0.5) is 0 Å². The Balaban J connectivity index is 4.43. The zero-order chi connectivity index (χ0) is 14.4. The Morgan fingerprint density at radius 3 is 1.72 bits per heavy atom. The van der Waals surface area contributed by atoms with E-state index in [1.54, 1.807) is 0 Å². The second-order valence-corrected chi connectivity index (χ2v) is 16.9. The molecule has 0 aromatic heterocycles. The maximum absolute atomic E-state index is 6.20. The Kier molecular flexibility index (Phi) is 7.11. The largest absolute Gasteiger partial charge is 0.413 e. The van der Waals surface area contributed by atoms with Gasteiger partial charge in [-0.2, -0.15) is 0 Å². The molecule has 1 nitrogen and oxygen atoms in total. The highest BCUT2D eigenvalue weighted by atomic mass is 28.4. The second kappa shape index (κ2) is 7.06. The van der Waals surface area contributed by atoms with Crippen molar-refractivity contribution < 1.29 is 4.43 Å². The summed E-state index contributed by atoms with van der Waals surface area (Å²) in [5.74, 6) is 0. The van der Waals surface area contributed by atoms with Gasteiger partial charge in [0.05, 0.1) is 14.7 Å². The first-order chi connectivity index (χ1) is 8.14. The highest BCUT2D eigenvalue weighted by Crippen LogP contribution is 2.36.